The summed E-state index contributed by atoms with van der Waals surface area (Å²) >= 11 is 0. The van der Waals surface area contributed by atoms with Gasteiger partial charge in [0, 0.05) is 19.2 Å². The molecule has 1 aliphatic heterocycles. The Morgan fingerprint density at radius 2 is 1.63 bits per heavy atom. The number of hydrogen-bond acceptors (Lipinski definition) is 3. The highest BCUT2D eigenvalue weighted by Gasteiger charge is 2.17. The Morgan fingerprint density at radius 3 is 2.16 bits per heavy atom. The van der Waals surface area contributed by atoms with Crippen LogP contribution in [-0.2, 0) is 6.42 Å². The molecule has 3 nitrogen and oxygen atoms in total. The number of halogens is 1. The minimum Gasteiger partial charge on any atom is -0.496 e. The van der Waals surface area contributed by atoms with Gasteiger partial charge in [0.25, 0.3) is 0 Å². The predicted octanol–water partition coefficient (Wildman–Crippen LogP) is 3.68. The van der Waals surface area contributed by atoms with Crippen LogP contribution < -0.4 is 14.4 Å². The summed E-state index contributed by atoms with van der Waals surface area (Å²) in [4.78, 5) is 2.41. The molecule has 19 heavy (non-hydrogen) atoms. The molecule has 108 valence electrons. The predicted molar refractivity (Wildman–Crippen MR) is 82.2 cm³/mol. The summed E-state index contributed by atoms with van der Waals surface area (Å²) in [6.45, 7) is 4.37. The first kappa shape index (κ1) is 16.0. The number of rotatable bonds is 4. The Hall–Kier alpha value is -1.09. The summed E-state index contributed by atoms with van der Waals surface area (Å²) in [7, 11) is 3.48. The van der Waals surface area contributed by atoms with Gasteiger partial charge in [-0.1, -0.05) is 6.92 Å². The number of anilines is 1. The molecule has 1 aliphatic rings. The Morgan fingerprint density at radius 1 is 1.00 bits per heavy atom. The SMILES string of the molecule is CCc1cc(OC)c(N2CCCCC2)cc1OC.Cl. The summed E-state index contributed by atoms with van der Waals surface area (Å²) in [6.07, 6.45) is 4.82. The van der Waals surface area contributed by atoms with Gasteiger partial charge in [0.1, 0.15) is 11.5 Å². The van der Waals surface area contributed by atoms with Gasteiger partial charge >= 0.3 is 0 Å². The van der Waals surface area contributed by atoms with Crippen LogP contribution in [0.4, 0.5) is 5.69 Å². The highest BCUT2D eigenvalue weighted by atomic mass is 35.5. The fraction of sp³-hybridized carbons (Fsp3) is 0.600. The van der Waals surface area contributed by atoms with E-state index in [9.17, 15) is 0 Å². The maximum absolute atomic E-state index is 5.54. The lowest BCUT2D eigenvalue weighted by Crippen LogP contribution is -2.29. The van der Waals surface area contributed by atoms with Crippen LogP contribution in [0.5, 0.6) is 11.5 Å². The Kier molecular flexibility index (Phi) is 6.29. The van der Waals surface area contributed by atoms with Gasteiger partial charge in [0.05, 0.1) is 19.9 Å². The standard InChI is InChI=1S/C15H23NO2.ClH/c1-4-12-10-15(18-3)13(11-14(12)17-2)16-8-6-5-7-9-16;/h10-11H,4-9H2,1-3H3;1H. The molecule has 1 heterocycles. The zero-order chi connectivity index (χ0) is 13.0. The number of methoxy groups -OCH3 is 2. The lowest BCUT2D eigenvalue weighted by atomic mass is 10.1. The molecule has 0 radical (unpaired) electrons. The van der Waals surface area contributed by atoms with Crippen molar-refractivity contribution in [1.29, 1.82) is 0 Å². The molecule has 0 N–H and O–H groups in total. The summed E-state index contributed by atoms with van der Waals surface area (Å²) in [5.74, 6) is 1.94. The quantitative estimate of drug-likeness (QED) is 0.842. The van der Waals surface area contributed by atoms with Crippen LogP contribution in [0.2, 0.25) is 0 Å². The van der Waals surface area contributed by atoms with Gasteiger partial charge < -0.3 is 14.4 Å². The average Bonchev–Trinajstić information content (AvgIpc) is 2.46. The molecule has 0 atom stereocenters. The Labute approximate surface area is 122 Å². The minimum absolute atomic E-state index is 0. The molecule has 1 fully saturated rings. The molecule has 0 spiro atoms. The molecule has 4 heteroatoms. The van der Waals surface area contributed by atoms with E-state index in [0.29, 0.717) is 0 Å². The monoisotopic (exact) mass is 285 g/mol. The van der Waals surface area contributed by atoms with Crippen molar-refractivity contribution in [3.05, 3.63) is 17.7 Å². The van der Waals surface area contributed by atoms with E-state index >= 15 is 0 Å². The summed E-state index contributed by atoms with van der Waals surface area (Å²) in [5.41, 5.74) is 2.38. The fourth-order valence-electron chi connectivity index (χ4n) is 2.60. The molecule has 1 saturated heterocycles. The zero-order valence-electron chi connectivity index (χ0n) is 12.1. The first-order chi connectivity index (χ1) is 8.80. The van der Waals surface area contributed by atoms with Crippen LogP contribution in [0, 0.1) is 0 Å². The zero-order valence-corrected chi connectivity index (χ0v) is 12.9. The third-order valence-corrected chi connectivity index (χ3v) is 3.66. The number of aryl methyl sites for hydroxylation is 1. The molecular weight excluding hydrogens is 262 g/mol. The number of nitrogens with zero attached hydrogens (tertiary/aromatic N) is 1. The largest absolute Gasteiger partial charge is 0.496 e. The van der Waals surface area contributed by atoms with E-state index in [4.69, 9.17) is 9.47 Å². The van der Waals surface area contributed by atoms with Gasteiger partial charge in [-0.2, -0.15) is 0 Å². The maximum atomic E-state index is 5.54. The molecular formula is C15H24ClNO2. The van der Waals surface area contributed by atoms with Gasteiger partial charge in [-0.25, -0.2) is 0 Å². The van der Waals surface area contributed by atoms with Gasteiger partial charge in [0.15, 0.2) is 0 Å². The fourth-order valence-corrected chi connectivity index (χ4v) is 2.60. The van der Waals surface area contributed by atoms with E-state index in [1.165, 1.54) is 30.5 Å². The van der Waals surface area contributed by atoms with Crippen molar-refractivity contribution < 1.29 is 9.47 Å². The maximum Gasteiger partial charge on any atom is 0.142 e. The first-order valence-electron chi connectivity index (χ1n) is 6.80. The molecule has 1 aromatic carbocycles. The van der Waals surface area contributed by atoms with Crippen molar-refractivity contribution in [2.75, 3.05) is 32.2 Å². The normalized spacial score (nSPS) is 14.8. The molecule has 0 aromatic heterocycles. The Bertz CT molecular complexity index is 403. The average molecular weight is 286 g/mol. The van der Waals surface area contributed by atoms with Gasteiger partial charge in [-0.15, -0.1) is 12.4 Å². The molecule has 0 saturated carbocycles. The highest BCUT2D eigenvalue weighted by Crippen LogP contribution is 2.36. The minimum atomic E-state index is 0. The van der Waals surface area contributed by atoms with Crippen molar-refractivity contribution in [3.8, 4) is 11.5 Å². The second kappa shape index (κ2) is 7.49. The molecule has 0 bridgehead atoms. The lowest BCUT2D eigenvalue weighted by molar-refractivity contribution is 0.397. The van der Waals surface area contributed by atoms with Gasteiger partial charge in [0.2, 0.25) is 0 Å². The topological polar surface area (TPSA) is 21.7 Å². The van der Waals surface area contributed by atoms with Crippen LogP contribution in [-0.4, -0.2) is 27.3 Å². The second-order valence-corrected chi connectivity index (χ2v) is 4.74. The van der Waals surface area contributed by atoms with Crippen molar-refractivity contribution in [2.24, 2.45) is 0 Å². The molecule has 0 aliphatic carbocycles. The summed E-state index contributed by atoms with van der Waals surface area (Å²) in [5, 5.41) is 0. The van der Waals surface area contributed by atoms with E-state index in [-0.39, 0.29) is 12.4 Å². The second-order valence-electron chi connectivity index (χ2n) is 4.74. The summed E-state index contributed by atoms with van der Waals surface area (Å²) in [6, 6.07) is 4.24. The van der Waals surface area contributed by atoms with Crippen LogP contribution in [0.1, 0.15) is 31.7 Å². The smallest absolute Gasteiger partial charge is 0.142 e. The van der Waals surface area contributed by atoms with Crippen molar-refractivity contribution in [3.63, 3.8) is 0 Å². The van der Waals surface area contributed by atoms with E-state index in [1.54, 1.807) is 14.2 Å². The van der Waals surface area contributed by atoms with Gasteiger partial charge in [-0.3, -0.25) is 0 Å². The third kappa shape index (κ3) is 3.47. The number of piperidine rings is 1. The van der Waals surface area contributed by atoms with Gasteiger partial charge in [-0.05, 0) is 37.3 Å². The molecule has 0 amide bonds. The van der Waals surface area contributed by atoms with Crippen LogP contribution >= 0.6 is 12.4 Å². The number of hydrogen-bond donors (Lipinski definition) is 0. The van der Waals surface area contributed by atoms with E-state index < -0.39 is 0 Å². The van der Waals surface area contributed by atoms with E-state index in [1.807, 2.05) is 0 Å². The van der Waals surface area contributed by atoms with E-state index in [2.05, 4.69) is 24.0 Å². The van der Waals surface area contributed by atoms with E-state index in [0.717, 1.165) is 31.0 Å². The van der Waals surface area contributed by atoms with Crippen LogP contribution in [0.25, 0.3) is 0 Å². The summed E-state index contributed by atoms with van der Waals surface area (Å²) < 4.78 is 11.0. The lowest BCUT2D eigenvalue weighted by Gasteiger charge is -2.30. The number of benzene rings is 1. The van der Waals surface area contributed by atoms with Crippen molar-refractivity contribution in [1.82, 2.24) is 0 Å². The highest BCUT2D eigenvalue weighted by molar-refractivity contribution is 5.85. The molecule has 0 unspecified atom stereocenters. The van der Waals surface area contributed by atoms with Crippen LogP contribution in [0.15, 0.2) is 12.1 Å². The number of ether oxygens (including phenoxy) is 2. The molecule has 2 rings (SSSR count). The first-order valence-corrected chi connectivity index (χ1v) is 6.80. The molecule has 1 aromatic rings. The van der Waals surface area contributed by atoms with Crippen molar-refractivity contribution >= 4 is 18.1 Å². The van der Waals surface area contributed by atoms with Crippen LogP contribution in [0.3, 0.4) is 0 Å². The Balaban J connectivity index is 0.00000180. The van der Waals surface area contributed by atoms with Crippen molar-refractivity contribution in [2.45, 2.75) is 32.6 Å². The third-order valence-electron chi connectivity index (χ3n) is 3.66.